The van der Waals surface area contributed by atoms with E-state index >= 15 is 0 Å². The zero-order valence-corrected chi connectivity index (χ0v) is 11.8. The molecule has 0 aliphatic heterocycles. The van der Waals surface area contributed by atoms with Crippen molar-refractivity contribution in [1.29, 1.82) is 0 Å². The minimum atomic E-state index is 1.25. The topological polar surface area (TPSA) is 0 Å². The quantitative estimate of drug-likeness (QED) is 0.381. The van der Waals surface area contributed by atoms with Gasteiger partial charge in [-0.3, -0.25) is 0 Å². The zero-order valence-electron chi connectivity index (χ0n) is 10.2. The minimum Gasteiger partial charge on any atom is -0.0610 e. The fourth-order valence-electron chi connectivity index (χ4n) is 2.97. The van der Waals surface area contributed by atoms with Crippen LogP contribution in [0.15, 0.2) is 59.6 Å². The first-order valence-corrected chi connectivity index (χ1v) is 7.23. The van der Waals surface area contributed by atoms with E-state index < -0.39 is 0 Å². The third kappa shape index (κ3) is 1.52. The van der Waals surface area contributed by atoms with Crippen LogP contribution in [0.1, 0.15) is 5.56 Å². The van der Waals surface area contributed by atoms with Gasteiger partial charge in [0.1, 0.15) is 0 Å². The summed E-state index contributed by atoms with van der Waals surface area (Å²) in [7, 11) is 0. The van der Waals surface area contributed by atoms with Gasteiger partial charge in [-0.15, -0.1) is 0 Å². The largest absolute Gasteiger partial charge is 0.0610 e. The molecule has 0 heterocycles. The van der Waals surface area contributed by atoms with Crippen molar-refractivity contribution in [2.24, 2.45) is 0 Å². The highest BCUT2D eigenvalue weighted by Crippen LogP contribution is 2.36. The number of halogens is 1. The molecule has 0 fully saturated rings. The standard InChI is InChI=1S/C18H11Br/c19-11-10-12-4-5-15-7-6-13-2-1-3-14-8-9-16(12)18(15)17(13)14/h1-11H/b11-10+. The summed E-state index contributed by atoms with van der Waals surface area (Å²) in [5.41, 5.74) is 1.25. The molecule has 0 bridgehead atoms. The molecule has 0 atom stereocenters. The molecule has 0 saturated carbocycles. The van der Waals surface area contributed by atoms with Gasteiger partial charge < -0.3 is 0 Å². The lowest BCUT2D eigenvalue weighted by Crippen LogP contribution is -1.85. The average Bonchev–Trinajstić information content (AvgIpc) is 2.46. The molecular formula is C18H11Br. The zero-order chi connectivity index (χ0) is 12.8. The summed E-state index contributed by atoms with van der Waals surface area (Å²) in [5.74, 6) is 0. The van der Waals surface area contributed by atoms with E-state index in [2.05, 4.69) is 76.6 Å². The molecule has 4 aromatic rings. The van der Waals surface area contributed by atoms with Crippen molar-refractivity contribution in [3.05, 3.63) is 65.1 Å². The Morgan fingerprint density at radius 3 is 2.05 bits per heavy atom. The van der Waals surface area contributed by atoms with Crippen LogP contribution in [0, 0.1) is 0 Å². The molecule has 0 radical (unpaired) electrons. The van der Waals surface area contributed by atoms with Crippen LogP contribution in [-0.4, -0.2) is 0 Å². The Labute approximate surface area is 119 Å². The van der Waals surface area contributed by atoms with Crippen LogP contribution >= 0.6 is 15.9 Å². The molecule has 4 rings (SSSR count). The number of hydrogen-bond acceptors (Lipinski definition) is 0. The van der Waals surface area contributed by atoms with Gasteiger partial charge in [-0.05, 0) is 48.9 Å². The van der Waals surface area contributed by atoms with Crippen molar-refractivity contribution in [2.45, 2.75) is 0 Å². The molecule has 19 heavy (non-hydrogen) atoms. The highest BCUT2D eigenvalue weighted by molar-refractivity contribution is 9.11. The lowest BCUT2D eigenvalue weighted by Gasteiger charge is -2.12. The maximum absolute atomic E-state index is 3.37. The molecule has 1 heteroatoms. The first kappa shape index (κ1) is 11.0. The van der Waals surface area contributed by atoms with Crippen molar-refractivity contribution in [3.63, 3.8) is 0 Å². The molecule has 0 unspecified atom stereocenters. The second-order valence-electron chi connectivity index (χ2n) is 4.80. The van der Waals surface area contributed by atoms with Gasteiger partial charge in [0.05, 0.1) is 0 Å². The molecule has 0 aliphatic carbocycles. The van der Waals surface area contributed by atoms with Crippen LogP contribution in [0.5, 0.6) is 0 Å². The van der Waals surface area contributed by atoms with Gasteiger partial charge in [0.25, 0.3) is 0 Å². The van der Waals surface area contributed by atoms with Gasteiger partial charge >= 0.3 is 0 Å². The average molecular weight is 307 g/mol. The van der Waals surface area contributed by atoms with Crippen molar-refractivity contribution >= 4 is 54.3 Å². The van der Waals surface area contributed by atoms with E-state index in [1.165, 1.54) is 37.9 Å². The first-order chi connectivity index (χ1) is 9.38. The first-order valence-electron chi connectivity index (χ1n) is 6.32. The lowest BCUT2D eigenvalue weighted by atomic mass is 9.92. The van der Waals surface area contributed by atoms with Crippen LogP contribution in [0.25, 0.3) is 38.4 Å². The molecule has 0 aromatic heterocycles. The summed E-state index contributed by atoms with van der Waals surface area (Å²) in [6.45, 7) is 0. The van der Waals surface area contributed by atoms with Crippen molar-refractivity contribution < 1.29 is 0 Å². The lowest BCUT2D eigenvalue weighted by molar-refractivity contribution is 1.75. The molecule has 4 aromatic carbocycles. The second kappa shape index (κ2) is 4.07. The van der Waals surface area contributed by atoms with Crippen LogP contribution in [-0.2, 0) is 0 Å². The summed E-state index contributed by atoms with van der Waals surface area (Å²) in [5, 5.41) is 8.01. The number of hydrogen-bond donors (Lipinski definition) is 0. The van der Waals surface area contributed by atoms with Crippen LogP contribution in [0.4, 0.5) is 0 Å². The molecule has 0 saturated heterocycles. The molecule has 0 nitrogen and oxygen atoms in total. The Morgan fingerprint density at radius 2 is 1.32 bits per heavy atom. The van der Waals surface area contributed by atoms with Gasteiger partial charge in [0, 0.05) is 0 Å². The number of rotatable bonds is 1. The summed E-state index contributed by atoms with van der Waals surface area (Å²) >= 11 is 3.37. The van der Waals surface area contributed by atoms with Gasteiger partial charge in [0.15, 0.2) is 0 Å². The van der Waals surface area contributed by atoms with Gasteiger partial charge in [-0.25, -0.2) is 0 Å². The summed E-state index contributed by atoms with van der Waals surface area (Å²) in [6.07, 6.45) is 2.10. The summed E-state index contributed by atoms with van der Waals surface area (Å²) < 4.78 is 0. The summed E-state index contributed by atoms with van der Waals surface area (Å²) in [6, 6.07) is 19.8. The van der Waals surface area contributed by atoms with E-state index in [0.717, 1.165) is 0 Å². The monoisotopic (exact) mass is 306 g/mol. The van der Waals surface area contributed by atoms with Crippen LogP contribution in [0.3, 0.4) is 0 Å². The molecule has 90 valence electrons. The Balaban J connectivity index is 2.34. The molecule has 0 N–H and O–H groups in total. The Hall–Kier alpha value is -1.86. The maximum Gasteiger partial charge on any atom is -0.00208 e. The third-order valence-electron chi connectivity index (χ3n) is 3.80. The Morgan fingerprint density at radius 1 is 0.684 bits per heavy atom. The predicted octanol–water partition coefficient (Wildman–Crippen LogP) is 5.95. The normalized spacial score (nSPS) is 12.3. The van der Waals surface area contributed by atoms with Crippen molar-refractivity contribution in [1.82, 2.24) is 0 Å². The van der Waals surface area contributed by atoms with E-state index in [0.29, 0.717) is 0 Å². The van der Waals surface area contributed by atoms with E-state index in [1.807, 2.05) is 4.99 Å². The van der Waals surface area contributed by atoms with E-state index in [9.17, 15) is 0 Å². The van der Waals surface area contributed by atoms with E-state index in [-0.39, 0.29) is 0 Å². The highest BCUT2D eigenvalue weighted by Gasteiger charge is 2.08. The van der Waals surface area contributed by atoms with Gasteiger partial charge in [-0.1, -0.05) is 70.5 Å². The van der Waals surface area contributed by atoms with Gasteiger partial charge in [0.2, 0.25) is 0 Å². The molecule has 0 spiro atoms. The molecular weight excluding hydrogens is 296 g/mol. The fourth-order valence-corrected chi connectivity index (χ4v) is 3.26. The maximum atomic E-state index is 3.37. The minimum absolute atomic E-state index is 1.25. The van der Waals surface area contributed by atoms with E-state index in [4.69, 9.17) is 0 Å². The van der Waals surface area contributed by atoms with E-state index in [1.54, 1.807) is 0 Å². The predicted molar refractivity (Wildman–Crippen MR) is 88.1 cm³/mol. The van der Waals surface area contributed by atoms with Crippen molar-refractivity contribution in [2.75, 3.05) is 0 Å². The highest BCUT2D eigenvalue weighted by atomic mass is 79.9. The number of benzene rings is 4. The fraction of sp³-hybridized carbons (Fsp3) is 0. The molecule has 0 amide bonds. The van der Waals surface area contributed by atoms with Crippen LogP contribution in [0.2, 0.25) is 0 Å². The van der Waals surface area contributed by atoms with Gasteiger partial charge in [-0.2, -0.15) is 0 Å². The SMILES string of the molecule is Br/C=C/c1ccc2ccc3cccc4ccc1c2c34. The van der Waals surface area contributed by atoms with Crippen molar-refractivity contribution in [3.8, 4) is 0 Å². The smallest absolute Gasteiger partial charge is 0.00208 e. The van der Waals surface area contributed by atoms with Crippen LogP contribution < -0.4 is 0 Å². The summed E-state index contributed by atoms with van der Waals surface area (Å²) in [4.78, 5) is 1.92. The molecule has 0 aliphatic rings. The Kier molecular flexibility index (Phi) is 2.36. The Bertz CT molecular complexity index is 903. The second-order valence-corrected chi connectivity index (χ2v) is 5.33. The third-order valence-corrected chi connectivity index (χ3v) is 4.07.